The summed E-state index contributed by atoms with van der Waals surface area (Å²) in [6.45, 7) is 0. The van der Waals surface area contributed by atoms with Crippen LogP contribution in [0, 0.1) is 23.5 Å². The van der Waals surface area contributed by atoms with Gasteiger partial charge in [0.1, 0.15) is 0 Å². The van der Waals surface area contributed by atoms with Crippen LogP contribution in [0.4, 0.5) is 13.2 Å². The Labute approximate surface area is 78.8 Å². The summed E-state index contributed by atoms with van der Waals surface area (Å²) in [7, 11) is 0. The van der Waals surface area contributed by atoms with Crippen LogP contribution in [0.15, 0.2) is 12.1 Å². The molecule has 0 fully saturated rings. The molecule has 0 aliphatic rings. The van der Waals surface area contributed by atoms with Crippen LogP contribution in [0.3, 0.4) is 0 Å². The molecule has 0 saturated carbocycles. The first-order valence-corrected chi connectivity index (χ1v) is 9.44. The van der Waals surface area contributed by atoms with Crippen LogP contribution < -0.4 is 0 Å². The van der Waals surface area contributed by atoms with Gasteiger partial charge in [-0.3, -0.25) is 8.78 Å². The number of hydrogen-bond acceptors (Lipinski definition) is 0. The first-order chi connectivity index (χ1) is 5.22. The molecule has 5 heteroatoms. The molecular weight excluding hydrogens is 274 g/mol. The van der Waals surface area contributed by atoms with Gasteiger partial charge in [0, 0.05) is 11.6 Å². The Morgan fingerprint density at radius 1 is 1.09 bits per heavy atom. The van der Waals surface area contributed by atoms with E-state index >= 15 is 0 Å². The van der Waals surface area contributed by atoms with Crippen LogP contribution in [0.2, 0.25) is 0 Å². The Morgan fingerprint density at radius 3 is 1.73 bits per heavy atom. The molecule has 0 aliphatic heterocycles. The van der Waals surface area contributed by atoms with E-state index in [0.717, 1.165) is 12.1 Å². The summed E-state index contributed by atoms with van der Waals surface area (Å²) in [4.78, 5) is 0. The fourth-order valence-corrected chi connectivity index (χ4v) is 0.429. The molecule has 11 heavy (non-hydrogen) atoms. The van der Waals surface area contributed by atoms with Gasteiger partial charge >= 0.3 is 30.0 Å². The summed E-state index contributed by atoms with van der Waals surface area (Å²) in [5.74, 6) is -3.88. The van der Waals surface area contributed by atoms with Gasteiger partial charge in [-0.25, -0.2) is 4.39 Å². The zero-order valence-corrected chi connectivity index (χ0v) is 9.93. The Hall–Kier alpha value is 0.113. The van der Waals surface area contributed by atoms with Gasteiger partial charge in [-0.15, -0.1) is 12.1 Å². The summed E-state index contributed by atoms with van der Waals surface area (Å²) in [6, 6.07) is 3.55. The molecule has 0 unspecified atom stereocenters. The van der Waals surface area contributed by atoms with Gasteiger partial charge in [-0.05, 0) is 0 Å². The Balaban J connectivity index is 0.000000461. The first kappa shape index (κ1) is 11.1. The molecule has 0 aliphatic carbocycles. The van der Waals surface area contributed by atoms with E-state index in [0.29, 0.717) is 0 Å². The van der Waals surface area contributed by atoms with E-state index in [1.807, 2.05) is 0 Å². The van der Waals surface area contributed by atoms with Crippen molar-refractivity contribution in [1.82, 2.24) is 0 Å². The van der Waals surface area contributed by atoms with E-state index in [1.54, 1.807) is 0 Å². The Morgan fingerprint density at radius 2 is 1.45 bits per heavy atom. The molecule has 0 heterocycles. The standard InChI is InChI=1S/C6H2F3.BrH.Zn/c7-4-2-1-3-5(8)6(4)9;;/h2-3H;1H;/q-1;;+2/p-1. The van der Waals surface area contributed by atoms with Crippen molar-refractivity contribution in [3.63, 3.8) is 0 Å². The predicted molar refractivity (Wildman–Crippen MR) is 34.1 cm³/mol. The van der Waals surface area contributed by atoms with Crippen LogP contribution in [-0.4, -0.2) is 0 Å². The second kappa shape index (κ2) is 5.72. The summed E-state index contributed by atoms with van der Waals surface area (Å²) < 4.78 is 35.8. The second-order valence-electron chi connectivity index (χ2n) is 1.47. The van der Waals surface area contributed by atoms with Crippen LogP contribution in [-0.2, 0) is 16.3 Å². The molecule has 0 aromatic heterocycles. The Bertz CT molecular complexity index is 209. The summed E-state index contributed by atoms with van der Waals surface area (Å²) >= 11 is 4.25. The van der Waals surface area contributed by atoms with Crippen LogP contribution >= 0.6 is 13.6 Å². The molecular formula is C6H2BrF3Zn. The first-order valence-electron chi connectivity index (χ1n) is 2.49. The molecule has 0 N–H and O–H groups in total. The summed E-state index contributed by atoms with van der Waals surface area (Å²) in [5, 5.41) is 0. The quantitative estimate of drug-likeness (QED) is 0.388. The zero-order valence-electron chi connectivity index (χ0n) is 5.37. The second-order valence-corrected chi connectivity index (χ2v) is 1.47. The fourth-order valence-electron chi connectivity index (χ4n) is 0.429. The number of hydrogen-bond donors (Lipinski definition) is 0. The molecule has 1 aromatic carbocycles. The van der Waals surface area contributed by atoms with Crippen LogP contribution in [0.5, 0.6) is 0 Å². The van der Waals surface area contributed by atoms with Crippen molar-refractivity contribution in [2.45, 2.75) is 0 Å². The SMILES string of the molecule is Fc1c[c-]cc(F)c1F.[Zn+][Br]. The summed E-state index contributed by atoms with van der Waals surface area (Å²) in [6.07, 6.45) is 0. The normalized spacial score (nSPS) is 8.55. The zero-order chi connectivity index (χ0) is 8.85. The third-order valence-corrected chi connectivity index (χ3v) is 0.839. The average Bonchev–Trinajstić information content (AvgIpc) is 2.04. The third kappa shape index (κ3) is 3.34. The van der Waals surface area contributed by atoms with E-state index in [4.69, 9.17) is 0 Å². The van der Waals surface area contributed by atoms with Gasteiger partial charge in [0.25, 0.3) is 0 Å². The van der Waals surface area contributed by atoms with Gasteiger partial charge in [0.15, 0.2) is 0 Å². The van der Waals surface area contributed by atoms with E-state index in [9.17, 15) is 13.2 Å². The molecule has 0 radical (unpaired) electrons. The van der Waals surface area contributed by atoms with E-state index < -0.39 is 17.5 Å². The minimum absolute atomic E-state index is 0.735. The molecule has 0 amide bonds. The molecule has 0 spiro atoms. The maximum atomic E-state index is 12.0. The fraction of sp³-hybridized carbons (Fsp3) is 0. The van der Waals surface area contributed by atoms with Gasteiger partial charge in [-0.1, -0.05) is 0 Å². The topological polar surface area (TPSA) is 0 Å². The maximum absolute atomic E-state index is 12.0. The number of rotatable bonds is 0. The molecule has 56 valence electrons. The number of benzene rings is 1. The molecule has 0 atom stereocenters. The Kier molecular flexibility index (Phi) is 5.78. The molecule has 0 nitrogen and oxygen atoms in total. The molecule has 1 rings (SSSR count). The van der Waals surface area contributed by atoms with Gasteiger partial charge in [0.05, 0.1) is 5.82 Å². The van der Waals surface area contributed by atoms with Crippen LogP contribution in [0.1, 0.15) is 0 Å². The van der Waals surface area contributed by atoms with E-state index in [2.05, 4.69) is 19.7 Å². The molecule has 0 saturated heterocycles. The number of halogens is 4. The third-order valence-electron chi connectivity index (χ3n) is 0.839. The van der Waals surface area contributed by atoms with Crippen molar-refractivity contribution in [2.75, 3.05) is 0 Å². The van der Waals surface area contributed by atoms with Crippen LogP contribution in [0.25, 0.3) is 0 Å². The van der Waals surface area contributed by atoms with Crippen molar-refractivity contribution < 1.29 is 29.5 Å². The summed E-state index contributed by atoms with van der Waals surface area (Å²) in [5.41, 5.74) is 0. The molecule has 1 aromatic rings. The average molecular weight is 276 g/mol. The monoisotopic (exact) mass is 274 g/mol. The van der Waals surface area contributed by atoms with Crippen molar-refractivity contribution in [3.8, 4) is 0 Å². The van der Waals surface area contributed by atoms with Gasteiger partial charge in [-0.2, -0.15) is 6.07 Å². The van der Waals surface area contributed by atoms with Gasteiger partial charge < -0.3 is 0 Å². The van der Waals surface area contributed by atoms with E-state index in [-0.39, 0.29) is 0 Å². The predicted octanol–water partition coefficient (Wildman–Crippen LogP) is 2.75. The van der Waals surface area contributed by atoms with E-state index in [1.165, 1.54) is 16.3 Å². The van der Waals surface area contributed by atoms with Crippen molar-refractivity contribution in [3.05, 3.63) is 35.7 Å². The molecule has 0 bridgehead atoms. The van der Waals surface area contributed by atoms with Crippen molar-refractivity contribution in [1.29, 1.82) is 0 Å². The van der Waals surface area contributed by atoms with Crippen molar-refractivity contribution >= 4 is 13.6 Å². The van der Waals surface area contributed by atoms with Crippen molar-refractivity contribution in [2.24, 2.45) is 0 Å². The van der Waals surface area contributed by atoms with Gasteiger partial charge in [0.2, 0.25) is 0 Å². The minimum atomic E-state index is -1.45.